The summed E-state index contributed by atoms with van der Waals surface area (Å²) < 4.78 is 4.38. The smallest absolute Gasteiger partial charge is 0.406 e. The Morgan fingerprint density at radius 3 is 2.54 bits per heavy atom. The quantitative estimate of drug-likeness (QED) is 0.636. The van der Waals surface area contributed by atoms with Crippen molar-refractivity contribution in [3.05, 3.63) is 0 Å². The number of likely N-dealkylation sites (N-methyl/N-ethyl adjacent to an activating group) is 1. The molecular formula is C8H18N2O3. The fraction of sp³-hybridized carbons (Fsp3) is 0.875. The molecule has 1 unspecified atom stereocenters. The third kappa shape index (κ3) is 6.36. The minimum atomic E-state index is -0.933. The van der Waals surface area contributed by atoms with E-state index >= 15 is 0 Å². The van der Waals surface area contributed by atoms with Crippen LogP contribution in [0.1, 0.15) is 6.92 Å². The number of aliphatic hydroxyl groups is 1. The fourth-order valence-electron chi connectivity index (χ4n) is 1.07. The molecule has 0 fully saturated rings. The highest BCUT2D eigenvalue weighted by molar-refractivity contribution is 5.66. The maximum Gasteiger partial charge on any atom is 0.406 e. The van der Waals surface area contributed by atoms with Crippen molar-refractivity contribution >= 4 is 6.09 Å². The molecule has 78 valence electrons. The Hall–Kier alpha value is -0.810. The molecule has 2 N–H and O–H groups in total. The van der Waals surface area contributed by atoms with Crippen molar-refractivity contribution in [2.75, 3.05) is 34.3 Å². The van der Waals surface area contributed by atoms with Gasteiger partial charge in [0.05, 0.1) is 19.3 Å². The van der Waals surface area contributed by atoms with Crippen molar-refractivity contribution in [3.63, 3.8) is 0 Å². The summed E-state index contributed by atoms with van der Waals surface area (Å²) in [4.78, 5) is 12.5. The second kappa shape index (κ2) is 5.04. The van der Waals surface area contributed by atoms with Gasteiger partial charge in [-0.25, -0.2) is 4.79 Å². The van der Waals surface area contributed by atoms with Crippen molar-refractivity contribution in [2.24, 2.45) is 0 Å². The molecule has 0 aromatic rings. The van der Waals surface area contributed by atoms with Gasteiger partial charge in [-0.15, -0.1) is 0 Å². The lowest BCUT2D eigenvalue weighted by atomic mass is 10.1. The Morgan fingerprint density at radius 2 is 2.15 bits per heavy atom. The molecule has 0 heterocycles. The largest absolute Gasteiger partial charge is 0.453 e. The second-order valence-electron chi connectivity index (χ2n) is 3.58. The minimum absolute atomic E-state index is 0.178. The van der Waals surface area contributed by atoms with E-state index in [9.17, 15) is 9.90 Å². The zero-order chi connectivity index (χ0) is 10.5. The van der Waals surface area contributed by atoms with E-state index in [1.54, 1.807) is 6.92 Å². The molecule has 0 bridgehead atoms. The van der Waals surface area contributed by atoms with Gasteiger partial charge in [-0.1, -0.05) is 0 Å². The first kappa shape index (κ1) is 12.2. The van der Waals surface area contributed by atoms with Crippen LogP contribution in [0.4, 0.5) is 4.79 Å². The molecule has 0 aliphatic carbocycles. The van der Waals surface area contributed by atoms with Gasteiger partial charge in [0.15, 0.2) is 0 Å². The normalized spacial score (nSPS) is 15.2. The molecule has 0 rings (SSSR count). The molecule has 5 heteroatoms. The number of carbonyl (C=O) groups excluding carboxylic acids is 1. The Kier molecular flexibility index (Phi) is 4.72. The van der Waals surface area contributed by atoms with Gasteiger partial charge >= 0.3 is 6.09 Å². The van der Waals surface area contributed by atoms with E-state index in [0.717, 1.165) is 0 Å². The first-order valence-corrected chi connectivity index (χ1v) is 4.06. The summed E-state index contributed by atoms with van der Waals surface area (Å²) in [5, 5.41) is 12.2. The van der Waals surface area contributed by atoms with Crippen LogP contribution in [0.2, 0.25) is 0 Å². The molecule has 0 aliphatic heterocycles. The standard InChI is InChI=1S/C8H18N2O3/c1-8(12,6-10(2)3)5-9-7(11)13-4/h12H,5-6H2,1-4H3,(H,9,11). The lowest BCUT2D eigenvalue weighted by Crippen LogP contribution is -2.47. The van der Waals surface area contributed by atoms with Crippen LogP contribution >= 0.6 is 0 Å². The highest BCUT2D eigenvalue weighted by Gasteiger charge is 2.21. The zero-order valence-corrected chi connectivity index (χ0v) is 8.63. The highest BCUT2D eigenvalue weighted by Crippen LogP contribution is 2.02. The van der Waals surface area contributed by atoms with Crippen LogP contribution in [0.25, 0.3) is 0 Å². The zero-order valence-electron chi connectivity index (χ0n) is 8.63. The van der Waals surface area contributed by atoms with E-state index in [1.807, 2.05) is 19.0 Å². The van der Waals surface area contributed by atoms with Crippen LogP contribution < -0.4 is 5.32 Å². The van der Waals surface area contributed by atoms with Gasteiger partial charge in [-0.05, 0) is 21.0 Å². The third-order valence-corrected chi connectivity index (χ3v) is 1.46. The Balaban J connectivity index is 3.81. The van der Waals surface area contributed by atoms with E-state index in [2.05, 4.69) is 10.1 Å². The first-order chi connectivity index (χ1) is 5.87. The number of alkyl carbamates (subject to hydrolysis) is 1. The molecule has 13 heavy (non-hydrogen) atoms. The summed E-state index contributed by atoms with van der Waals surface area (Å²) in [5.41, 5.74) is -0.933. The maximum absolute atomic E-state index is 10.7. The molecule has 0 saturated carbocycles. The first-order valence-electron chi connectivity index (χ1n) is 4.06. The predicted octanol–water partition coefficient (Wildman–Crippen LogP) is -0.345. The molecule has 5 nitrogen and oxygen atoms in total. The summed E-state index contributed by atoms with van der Waals surface area (Å²) in [6.07, 6.45) is -0.529. The van der Waals surface area contributed by atoms with Gasteiger partial charge in [0.25, 0.3) is 0 Å². The van der Waals surface area contributed by atoms with Crippen LogP contribution in [0.3, 0.4) is 0 Å². The van der Waals surface area contributed by atoms with Gasteiger partial charge < -0.3 is 20.1 Å². The number of hydrogen-bond donors (Lipinski definition) is 2. The van der Waals surface area contributed by atoms with E-state index < -0.39 is 11.7 Å². The van der Waals surface area contributed by atoms with Crippen molar-refractivity contribution < 1.29 is 14.6 Å². The number of methoxy groups -OCH3 is 1. The number of nitrogens with zero attached hydrogens (tertiary/aromatic N) is 1. The van der Waals surface area contributed by atoms with Crippen LogP contribution in [0.5, 0.6) is 0 Å². The van der Waals surface area contributed by atoms with Crippen LogP contribution in [0.15, 0.2) is 0 Å². The van der Waals surface area contributed by atoms with Crippen LogP contribution in [-0.2, 0) is 4.74 Å². The Labute approximate surface area is 78.7 Å². The van der Waals surface area contributed by atoms with E-state index in [-0.39, 0.29) is 6.54 Å². The number of hydrogen-bond acceptors (Lipinski definition) is 4. The molecule has 1 atom stereocenters. The second-order valence-corrected chi connectivity index (χ2v) is 3.58. The summed E-state index contributed by atoms with van der Waals surface area (Å²) in [6.45, 7) is 2.32. The predicted molar refractivity (Wildman–Crippen MR) is 49.6 cm³/mol. The average molecular weight is 190 g/mol. The number of carbonyl (C=O) groups is 1. The topological polar surface area (TPSA) is 61.8 Å². The molecule has 0 radical (unpaired) electrons. The maximum atomic E-state index is 10.7. The molecule has 0 aromatic heterocycles. The third-order valence-electron chi connectivity index (χ3n) is 1.46. The van der Waals surface area contributed by atoms with Gasteiger partial charge in [-0.2, -0.15) is 0 Å². The van der Waals surface area contributed by atoms with E-state index in [0.29, 0.717) is 6.54 Å². The SMILES string of the molecule is COC(=O)NCC(C)(O)CN(C)C. The summed E-state index contributed by atoms with van der Waals surface area (Å²) >= 11 is 0. The van der Waals surface area contributed by atoms with Gasteiger partial charge in [0, 0.05) is 6.54 Å². The van der Waals surface area contributed by atoms with Gasteiger partial charge in [0.2, 0.25) is 0 Å². The molecule has 0 aromatic carbocycles. The van der Waals surface area contributed by atoms with Gasteiger partial charge in [-0.3, -0.25) is 0 Å². The van der Waals surface area contributed by atoms with Crippen molar-refractivity contribution in [1.29, 1.82) is 0 Å². The molecule has 0 aliphatic rings. The summed E-state index contributed by atoms with van der Waals surface area (Å²) in [7, 11) is 5.00. The number of rotatable bonds is 4. The lowest BCUT2D eigenvalue weighted by Gasteiger charge is -2.26. The summed E-state index contributed by atoms with van der Waals surface area (Å²) in [5.74, 6) is 0. The van der Waals surface area contributed by atoms with Crippen molar-refractivity contribution in [3.8, 4) is 0 Å². The molecule has 1 amide bonds. The lowest BCUT2D eigenvalue weighted by molar-refractivity contribution is 0.0333. The fourth-order valence-corrected chi connectivity index (χ4v) is 1.07. The number of amides is 1. The van der Waals surface area contributed by atoms with E-state index in [4.69, 9.17) is 0 Å². The molecule has 0 spiro atoms. The van der Waals surface area contributed by atoms with Crippen LogP contribution in [-0.4, -0.2) is 56.0 Å². The average Bonchev–Trinajstić information content (AvgIpc) is 1.98. The monoisotopic (exact) mass is 190 g/mol. The van der Waals surface area contributed by atoms with Gasteiger partial charge in [0.1, 0.15) is 0 Å². The molecule has 0 saturated heterocycles. The number of nitrogens with one attached hydrogen (secondary N) is 1. The molecular weight excluding hydrogens is 172 g/mol. The Bertz CT molecular complexity index is 169. The highest BCUT2D eigenvalue weighted by atomic mass is 16.5. The van der Waals surface area contributed by atoms with Crippen molar-refractivity contribution in [2.45, 2.75) is 12.5 Å². The van der Waals surface area contributed by atoms with Crippen LogP contribution in [0, 0.1) is 0 Å². The Morgan fingerprint density at radius 1 is 1.62 bits per heavy atom. The summed E-state index contributed by atoms with van der Waals surface area (Å²) in [6, 6.07) is 0. The van der Waals surface area contributed by atoms with E-state index in [1.165, 1.54) is 7.11 Å². The van der Waals surface area contributed by atoms with Crippen molar-refractivity contribution in [1.82, 2.24) is 10.2 Å². The number of ether oxygens (including phenoxy) is 1. The minimum Gasteiger partial charge on any atom is -0.453 e.